The molecule has 20 heavy (non-hydrogen) atoms. The van der Waals surface area contributed by atoms with Gasteiger partial charge in [-0.05, 0) is 24.0 Å². The number of rotatable bonds is 5. The van der Waals surface area contributed by atoms with Gasteiger partial charge in [-0.1, -0.05) is 19.1 Å². The summed E-state index contributed by atoms with van der Waals surface area (Å²) in [6.45, 7) is 1.91. The lowest BCUT2D eigenvalue weighted by Crippen LogP contribution is -1.91. The Morgan fingerprint density at radius 3 is 2.80 bits per heavy atom. The third-order valence-corrected chi connectivity index (χ3v) is 3.32. The summed E-state index contributed by atoms with van der Waals surface area (Å²) in [6.07, 6.45) is 4.33. The number of thioether (sulfide) groups is 1. The number of anilines is 1. The number of aromatic nitrogens is 1. The van der Waals surface area contributed by atoms with Crippen LogP contribution in [0.5, 0.6) is 0 Å². The fourth-order valence-electron chi connectivity index (χ4n) is 1.52. The van der Waals surface area contributed by atoms with Crippen LogP contribution in [0.1, 0.15) is 24.1 Å². The maximum atomic E-state index is 8.93. The molecule has 0 aliphatic heterocycles. The summed E-state index contributed by atoms with van der Waals surface area (Å²) in [7, 11) is 0. The Bertz CT molecular complexity index is 640. The summed E-state index contributed by atoms with van der Waals surface area (Å²) >= 11 is 1.69. The van der Waals surface area contributed by atoms with Gasteiger partial charge in [0.2, 0.25) is 5.69 Å². The molecule has 6 heteroatoms. The fraction of sp³-hybridized carbons (Fsp3) is 0.214. The monoisotopic (exact) mass is 286 g/mol. The molecule has 0 radical (unpaired) electrons. The molecule has 2 rings (SSSR count). The lowest BCUT2D eigenvalue weighted by atomic mass is 10.2. The van der Waals surface area contributed by atoms with Gasteiger partial charge in [-0.2, -0.15) is 10.4 Å². The predicted molar refractivity (Wildman–Crippen MR) is 80.0 cm³/mol. The number of hydrogen-bond donors (Lipinski definition) is 1. The van der Waals surface area contributed by atoms with Crippen molar-refractivity contribution in [1.29, 1.82) is 5.26 Å². The Morgan fingerprint density at radius 1 is 1.45 bits per heavy atom. The van der Waals surface area contributed by atoms with E-state index in [9.17, 15) is 0 Å². The van der Waals surface area contributed by atoms with E-state index in [0.717, 1.165) is 5.56 Å². The summed E-state index contributed by atoms with van der Waals surface area (Å²) in [4.78, 5) is 5.23. The van der Waals surface area contributed by atoms with Gasteiger partial charge in [-0.25, -0.2) is 10.4 Å². The number of oxazole rings is 1. The Balaban J connectivity index is 2.05. The van der Waals surface area contributed by atoms with Crippen LogP contribution >= 0.6 is 11.8 Å². The lowest BCUT2D eigenvalue weighted by Gasteiger charge is -1.97. The first kappa shape index (κ1) is 14.2. The van der Waals surface area contributed by atoms with Crippen LogP contribution in [-0.2, 0) is 6.42 Å². The normalized spacial score (nSPS) is 10.7. The SMILES string of the molecule is CCc1nc(C#N)c(NN=Cc2ccc(SC)cc2)o1. The van der Waals surface area contributed by atoms with E-state index >= 15 is 0 Å². The predicted octanol–water partition coefficient (Wildman–Crippen LogP) is 3.28. The van der Waals surface area contributed by atoms with Crippen molar-refractivity contribution in [3.8, 4) is 6.07 Å². The van der Waals surface area contributed by atoms with Crippen molar-refractivity contribution < 1.29 is 4.42 Å². The number of hydrogen-bond acceptors (Lipinski definition) is 6. The van der Waals surface area contributed by atoms with Crippen LogP contribution in [-0.4, -0.2) is 17.5 Å². The van der Waals surface area contributed by atoms with Crippen LogP contribution in [0.3, 0.4) is 0 Å². The molecule has 0 saturated heterocycles. The summed E-state index contributed by atoms with van der Waals surface area (Å²) in [5.41, 5.74) is 3.89. The minimum absolute atomic E-state index is 0.219. The highest BCUT2D eigenvalue weighted by Crippen LogP contribution is 2.17. The molecule has 1 N–H and O–H groups in total. The van der Waals surface area contributed by atoms with Gasteiger partial charge in [-0.3, -0.25) is 0 Å². The second kappa shape index (κ2) is 6.78. The molecule has 1 aromatic carbocycles. The average molecular weight is 286 g/mol. The molecule has 0 aliphatic rings. The highest BCUT2D eigenvalue weighted by Gasteiger charge is 2.10. The zero-order valence-corrected chi connectivity index (χ0v) is 12.1. The van der Waals surface area contributed by atoms with E-state index < -0.39 is 0 Å². The molecular formula is C14H14N4OS. The number of hydrazone groups is 1. The summed E-state index contributed by atoms with van der Waals surface area (Å²) < 4.78 is 5.37. The van der Waals surface area contributed by atoms with Gasteiger partial charge in [0.05, 0.1) is 6.21 Å². The highest BCUT2D eigenvalue weighted by atomic mass is 32.2. The molecule has 0 saturated carbocycles. The first-order valence-corrected chi connectivity index (χ1v) is 7.32. The Labute approximate surface area is 121 Å². The van der Waals surface area contributed by atoms with E-state index in [0.29, 0.717) is 12.3 Å². The van der Waals surface area contributed by atoms with Gasteiger partial charge in [0.1, 0.15) is 6.07 Å². The molecule has 0 unspecified atom stereocenters. The fourth-order valence-corrected chi connectivity index (χ4v) is 1.93. The highest BCUT2D eigenvalue weighted by molar-refractivity contribution is 7.98. The molecule has 1 aromatic heterocycles. The molecule has 5 nitrogen and oxygen atoms in total. The van der Waals surface area contributed by atoms with E-state index in [4.69, 9.17) is 9.68 Å². The minimum Gasteiger partial charge on any atom is -0.422 e. The maximum Gasteiger partial charge on any atom is 0.252 e. The van der Waals surface area contributed by atoms with Crippen molar-refractivity contribution in [2.45, 2.75) is 18.2 Å². The first-order chi connectivity index (χ1) is 9.76. The van der Waals surface area contributed by atoms with Gasteiger partial charge in [0, 0.05) is 11.3 Å². The average Bonchev–Trinajstić information content (AvgIpc) is 2.90. The smallest absolute Gasteiger partial charge is 0.252 e. The van der Waals surface area contributed by atoms with Crippen molar-refractivity contribution in [3.05, 3.63) is 41.4 Å². The van der Waals surface area contributed by atoms with Crippen molar-refractivity contribution >= 4 is 23.9 Å². The maximum absolute atomic E-state index is 8.93. The molecule has 0 amide bonds. The van der Waals surface area contributed by atoms with Crippen LogP contribution in [0.15, 0.2) is 38.7 Å². The zero-order chi connectivity index (χ0) is 14.4. The van der Waals surface area contributed by atoms with E-state index in [-0.39, 0.29) is 11.6 Å². The molecule has 0 atom stereocenters. The van der Waals surface area contributed by atoms with Crippen LogP contribution in [0.25, 0.3) is 0 Å². The van der Waals surface area contributed by atoms with E-state index in [1.165, 1.54) is 4.90 Å². The standard InChI is InChI=1S/C14H14N4OS/c1-3-13-17-12(8-15)14(19-13)18-16-9-10-4-6-11(20-2)7-5-10/h4-7,9,18H,3H2,1-2H3. The van der Waals surface area contributed by atoms with Gasteiger partial charge in [0.15, 0.2) is 5.89 Å². The van der Waals surface area contributed by atoms with Crippen molar-refractivity contribution in [1.82, 2.24) is 4.98 Å². The van der Waals surface area contributed by atoms with Gasteiger partial charge in [0.25, 0.3) is 5.88 Å². The lowest BCUT2D eigenvalue weighted by molar-refractivity contribution is 0.513. The number of nitriles is 1. The second-order valence-corrected chi connectivity index (χ2v) is 4.77. The van der Waals surface area contributed by atoms with E-state index in [2.05, 4.69) is 15.5 Å². The topological polar surface area (TPSA) is 74.2 Å². The third-order valence-electron chi connectivity index (χ3n) is 2.58. The molecule has 2 aromatic rings. The zero-order valence-electron chi connectivity index (χ0n) is 11.3. The number of benzene rings is 1. The Morgan fingerprint density at radius 2 is 2.20 bits per heavy atom. The van der Waals surface area contributed by atoms with Crippen LogP contribution in [0, 0.1) is 11.3 Å². The van der Waals surface area contributed by atoms with Crippen LogP contribution in [0.4, 0.5) is 5.88 Å². The molecule has 0 bridgehead atoms. The molecule has 0 spiro atoms. The molecular weight excluding hydrogens is 272 g/mol. The van der Waals surface area contributed by atoms with E-state index in [1.807, 2.05) is 43.5 Å². The van der Waals surface area contributed by atoms with E-state index in [1.54, 1.807) is 18.0 Å². The van der Waals surface area contributed by atoms with Gasteiger partial charge < -0.3 is 4.42 Å². The van der Waals surface area contributed by atoms with Crippen LogP contribution in [0.2, 0.25) is 0 Å². The summed E-state index contributed by atoms with van der Waals surface area (Å²) in [6, 6.07) is 9.96. The summed E-state index contributed by atoms with van der Waals surface area (Å²) in [5.74, 6) is 0.796. The van der Waals surface area contributed by atoms with Crippen LogP contribution < -0.4 is 5.43 Å². The second-order valence-electron chi connectivity index (χ2n) is 3.89. The number of nitrogens with zero attached hydrogens (tertiary/aromatic N) is 3. The summed E-state index contributed by atoms with van der Waals surface area (Å²) in [5, 5.41) is 13.0. The van der Waals surface area contributed by atoms with Gasteiger partial charge in [-0.15, -0.1) is 11.8 Å². The molecule has 0 fully saturated rings. The van der Waals surface area contributed by atoms with Gasteiger partial charge >= 0.3 is 0 Å². The van der Waals surface area contributed by atoms with Crippen molar-refractivity contribution in [3.63, 3.8) is 0 Å². The minimum atomic E-state index is 0.219. The molecule has 102 valence electrons. The number of aryl methyl sites for hydroxylation is 1. The Hall–Kier alpha value is -2.26. The third kappa shape index (κ3) is 3.39. The number of nitrogens with one attached hydrogen (secondary N) is 1. The van der Waals surface area contributed by atoms with Crippen molar-refractivity contribution in [2.24, 2.45) is 5.10 Å². The Kier molecular flexibility index (Phi) is 4.80. The van der Waals surface area contributed by atoms with Crippen molar-refractivity contribution in [2.75, 3.05) is 11.7 Å². The first-order valence-electron chi connectivity index (χ1n) is 6.09. The molecule has 0 aliphatic carbocycles. The molecule has 1 heterocycles. The quantitative estimate of drug-likeness (QED) is 0.518. The largest absolute Gasteiger partial charge is 0.422 e.